The summed E-state index contributed by atoms with van der Waals surface area (Å²) >= 11 is 0. The van der Waals surface area contributed by atoms with Crippen molar-refractivity contribution in [1.29, 1.82) is 0 Å². The third kappa shape index (κ3) is 3.74. The lowest BCUT2D eigenvalue weighted by Gasteiger charge is -2.21. The van der Waals surface area contributed by atoms with Gasteiger partial charge in [-0.3, -0.25) is 4.90 Å². The minimum Gasteiger partial charge on any atom is -0.476 e. The van der Waals surface area contributed by atoms with E-state index in [4.69, 9.17) is 4.74 Å². The number of hydrogen-bond acceptors (Lipinski definition) is 5. The van der Waals surface area contributed by atoms with Crippen molar-refractivity contribution < 1.29 is 19.4 Å². The van der Waals surface area contributed by atoms with Gasteiger partial charge in [0.1, 0.15) is 12.4 Å². The van der Waals surface area contributed by atoms with Gasteiger partial charge in [-0.2, -0.15) is 0 Å². The van der Waals surface area contributed by atoms with Crippen LogP contribution in [0.2, 0.25) is 0 Å². The summed E-state index contributed by atoms with van der Waals surface area (Å²) in [6.07, 6.45) is 0.693. The molecule has 0 saturated heterocycles. The van der Waals surface area contributed by atoms with Gasteiger partial charge in [-0.05, 0) is 22.3 Å². The number of ether oxygens (including phenoxy) is 1. The van der Waals surface area contributed by atoms with Crippen molar-refractivity contribution in [1.82, 2.24) is 9.97 Å². The fourth-order valence-electron chi connectivity index (χ4n) is 3.86. The van der Waals surface area contributed by atoms with Crippen molar-refractivity contribution in [2.75, 3.05) is 18.6 Å². The number of amides is 1. The van der Waals surface area contributed by atoms with Gasteiger partial charge < -0.3 is 9.84 Å². The van der Waals surface area contributed by atoms with E-state index in [0.717, 1.165) is 27.2 Å². The first-order valence-corrected chi connectivity index (χ1v) is 10.1. The Labute approximate surface area is 180 Å². The monoisotopic (exact) mass is 417 g/mol. The quantitative estimate of drug-likeness (QED) is 0.648. The Morgan fingerprint density at radius 3 is 2.19 bits per heavy atom. The number of anilines is 1. The van der Waals surface area contributed by atoms with Crippen LogP contribution in [0.25, 0.3) is 11.1 Å². The van der Waals surface area contributed by atoms with E-state index in [1.54, 1.807) is 0 Å². The van der Waals surface area contributed by atoms with Gasteiger partial charge in [0.2, 0.25) is 0 Å². The predicted molar refractivity (Wildman–Crippen MR) is 117 cm³/mol. The maximum Gasteiger partial charge on any atom is 0.414 e. The number of carbonyl (C=O) groups excluding carboxylic acids is 1. The largest absolute Gasteiger partial charge is 0.476 e. The Kier molecular flexibility index (Phi) is 5.42. The third-order valence-corrected chi connectivity index (χ3v) is 5.48. The fourth-order valence-corrected chi connectivity index (χ4v) is 3.86. The van der Waals surface area contributed by atoms with Gasteiger partial charge in [0, 0.05) is 18.9 Å². The minimum absolute atomic E-state index is 0.0353. The zero-order valence-corrected chi connectivity index (χ0v) is 17.6. The van der Waals surface area contributed by atoms with Crippen LogP contribution in [0.15, 0.2) is 54.7 Å². The zero-order chi connectivity index (χ0) is 22.1. The van der Waals surface area contributed by atoms with Crippen LogP contribution in [0.5, 0.6) is 0 Å². The summed E-state index contributed by atoms with van der Waals surface area (Å²) < 4.78 is 5.61. The summed E-state index contributed by atoms with van der Waals surface area (Å²) in [4.78, 5) is 33.9. The molecule has 7 heteroatoms. The Balaban J connectivity index is 1.55. The molecule has 1 aliphatic carbocycles. The number of carboxylic acids is 1. The van der Waals surface area contributed by atoms with Crippen LogP contribution < -0.4 is 4.90 Å². The standard InChI is InChI=1S/C24H23N3O4/c1-14(2)22-25-12-20(21(26-22)23(28)29)27(3)24(30)31-13-19-17-10-6-4-8-15(17)16-9-5-7-11-18(16)19/h4-12,14,19H,13H2,1-3H3,(H,28,29). The summed E-state index contributed by atoms with van der Waals surface area (Å²) in [5.41, 5.74) is 4.35. The lowest BCUT2D eigenvalue weighted by molar-refractivity contribution is 0.0690. The normalized spacial score (nSPS) is 12.4. The molecule has 1 aliphatic rings. The van der Waals surface area contributed by atoms with Crippen LogP contribution in [-0.2, 0) is 4.74 Å². The van der Waals surface area contributed by atoms with Gasteiger partial charge in [-0.15, -0.1) is 0 Å². The van der Waals surface area contributed by atoms with Crippen molar-refractivity contribution in [2.45, 2.75) is 25.7 Å². The van der Waals surface area contributed by atoms with Crippen LogP contribution in [0.3, 0.4) is 0 Å². The number of fused-ring (bicyclic) bond motifs is 3. The molecule has 1 amide bonds. The molecule has 7 nitrogen and oxygen atoms in total. The van der Waals surface area contributed by atoms with Gasteiger partial charge in [-0.1, -0.05) is 62.4 Å². The molecule has 0 fully saturated rings. The maximum atomic E-state index is 12.8. The van der Waals surface area contributed by atoms with Crippen LogP contribution in [0.4, 0.5) is 10.5 Å². The highest BCUT2D eigenvalue weighted by Gasteiger charge is 2.30. The Bertz CT molecular complexity index is 1110. The second-order valence-electron chi connectivity index (χ2n) is 7.78. The number of hydrogen-bond donors (Lipinski definition) is 1. The van der Waals surface area contributed by atoms with E-state index < -0.39 is 12.1 Å². The Morgan fingerprint density at radius 1 is 1.06 bits per heavy atom. The van der Waals surface area contributed by atoms with Crippen LogP contribution >= 0.6 is 0 Å². The van der Waals surface area contributed by atoms with E-state index in [-0.39, 0.29) is 29.8 Å². The average Bonchev–Trinajstić information content (AvgIpc) is 3.10. The van der Waals surface area contributed by atoms with Crippen molar-refractivity contribution in [3.05, 3.63) is 77.4 Å². The van der Waals surface area contributed by atoms with Crippen molar-refractivity contribution in [3.63, 3.8) is 0 Å². The van der Waals surface area contributed by atoms with Crippen molar-refractivity contribution in [2.24, 2.45) is 0 Å². The highest BCUT2D eigenvalue weighted by atomic mass is 16.6. The minimum atomic E-state index is -1.22. The van der Waals surface area contributed by atoms with Crippen LogP contribution in [0.1, 0.15) is 53.1 Å². The first kappa shape index (κ1) is 20.5. The van der Waals surface area contributed by atoms with E-state index in [2.05, 4.69) is 22.1 Å². The maximum absolute atomic E-state index is 12.8. The molecule has 158 valence electrons. The molecule has 0 radical (unpaired) electrons. The van der Waals surface area contributed by atoms with Gasteiger partial charge in [0.25, 0.3) is 0 Å². The highest BCUT2D eigenvalue weighted by Crippen LogP contribution is 2.44. The summed E-state index contributed by atoms with van der Waals surface area (Å²) in [6.45, 7) is 3.89. The Hall–Kier alpha value is -3.74. The highest BCUT2D eigenvalue weighted by molar-refractivity contribution is 5.97. The van der Waals surface area contributed by atoms with E-state index in [1.807, 2.05) is 50.2 Å². The van der Waals surface area contributed by atoms with Crippen molar-refractivity contribution >= 4 is 17.7 Å². The summed E-state index contributed by atoms with van der Waals surface area (Å²) in [5.74, 6) is -0.935. The van der Waals surface area contributed by atoms with Gasteiger partial charge in [-0.25, -0.2) is 19.6 Å². The van der Waals surface area contributed by atoms with Crippen LogP contribution in [0, 0.1) is 0 Å². The van der Waals surface area contributed by atoms with E-state index in [1.165, 1.54) is 13.2 Å². The van der Waals surface area contributed by atoms with E-state index >= 15 is 0 Å². The number of nitrogens with zero attached hydrogens (tertiary/aromatic N) is 3. The molecule has 1 aromatic heterocycles. The molecule has 1 N–H and O–H groups in total. The topological polar surface area (TPSA) is 92.6 Å². The van der Waals surface area contributed by atoms with E-state index in [0.29, 0.717) is 5.82 Å². The number of aromatic nitrogens is 2. The number of benzene rings is 2. The molecule has 31 heavy (non-hydrogen) atoms. The Morgan fingerprint density at radius 2 is 1.65 bits per heavy atom. The van der Waals surface area contributed by atoms with E-state index in [9.17, 15) is 14.7 Å². The second-order valence-corrected chi connectivity index (χ2v) is 7.78. The van der Waals surface area contributed by atoms with Gasteiger partial charge in [0.15, 0.2) is 5.69 Å². The zero-order valence-electron chi connectivity index (χ0n) is 17.6. The summed E-state index contributed by atoms with van der Waals surface area (Å²) in [5, 5.41) is 9.55. The smallest absolute Gasteiger partial charge is 0.414 e. The number of aromatic carboxylic acids is 1. The molecule has 4 rings (SSSR count). The molecule has 1 heterocycles. The first-order chi connectivity index (χ1) is 14.9. The molecule has 0 saturated carbocycles. The first-order valence-electron chi connectivity index (χ1n) is 10.1. The average molecular weight is 417 g/mol. The SMILES string of the molecule is CC(C)c1ncc(N(C)C(=O)OCC2c3ccccc3-c3ccccc32)c(C(=O)O)n1. The molecule has 3 aromatic rings. The molecule has 2 aromatic carbocycles. The third-order valence-electron chi connectivity index (χ3n) is 5.48. The molecule has 0 atom stereocenters. The molecule has 0 bridgehead atoms. The fraction of sp³-hybridized carbons (Fsp3) is 0.250. The molecule has 0 spiro atoms. The number of carboxylic acid groups (broad SMARTS) is 1. The molecular weight excluding hydrogens is 394 g/mol. The molecule has 0 unspecified atom stereocenters. The molecule has 0 aliphatic heterocycles. The summed E-state index contributed by atoms with van der Waals surface area (Å²) in [6, 6.07) is 16.1. The van der Waals surface area contributed by atoms with Crippen molar-refractivity contribution in [3.8, 4) is 11.1 Å². The number of carbonyl (C=O) groups is 2. The lowest BCUT2D eigenvalue weighted by Crippen LogP contribution is -2.30. The number of rotatable bonds is 5. The second kappa shape index (κ2) is 8.18. The van der Waals surface area contributed by atoms with Gasteiger partial charge in [0.05, 0.1) is 11.9 Å². The van der Waals surface area contributed by atoms with Crippen LogP contribution in [-0.4, -0.2) is 40.8 Å². The summed E-state index contributed by atoms with van der Waals surface area (Å²) in [7, 11) is 1.46. The molecular formula is C24H23N3O4. The predicted octanol–water partition coefficient (Wildman–Crippen LogP) is 4.68. The van der Waals surface area contributed by atoms with Gasteiger partial charge >= 0.3 is 12.1 Å². The lowest BCUT2D eigenvalue weighted by atomic mass is 9.98.